The van der Waals surface area contributed by atoms with E-state index in [0.717, 1.165) is 6.07 Å². The van der Waals surface area contributed by atoms with Gasteiger partial charge >= 0.3 is 0 Å². The molecule has 0 atom stereocenters. The minimum atomic E-state index is -0.990. The van der Waals surface area contributed by atoms with Crippen molar-refractivity contribution in [1.82, 2.24) is 0 Å². The molecule has 13 heavy (non-hydrogen) atoms. The second-order valence-corrected chi connectivity index (χ2v) is 2.93. The summed E-state index contributed by atoms with van der Waals surface area (Å²) in [5, 5.41) is 8.54. The Balaban J connectivity index is 0.000000671. The Morgan fingerprint density at radius 1 is 1.31 bits per heavy atom. The molecule has 0 heterocycles. The Hall–Kier alpha value is -0.480. The molecule has 0 aliphatic heterocycles. The third-order valence-corrected chi connectivity index (χ3v) is 1.70. The molecular weight excluding hydrogens is 242 g/mol. The quantitative estimate of drug-likeness (QED) is 0.761. The Morgan fingerprint density at radius 2 is 1.85 bits per heavy atom. The van der Waals surface area contributed by atoms with Crippen LogP contribution in [0.25, 0.3) is 0 Å². The number of hydrogen-bond donors (Lipinski definition) is 1. The predicted molar refractivity (Wildman–Crippen MR) is 51.3 cm³/mol. The van der Waals surface area contributed by atoms with Gasteiger partial charge in [0.1, 0.15) is 0 Å². The lowest BCUT2D eigenvalue weighted by Crippen LogP contribution is -1.93. The van der Waals surface area contributed by atoms with Gasteiger partial charge in [0.05, 0.1) is 6.61 Å². The van der Waals surface area contributed by atoms with E-state index in [2.05, 4.69) is 15.9 Å². The van der Waals surface area contributed by atoms with E-state index in [-0.39, 0.29) is 5.56 Å². The summed E-state index contributed by atoms with van der Waals surface area (Å²) in [5.74, 6) is -1.95. The summed E-state index contributed by atoms with van der Waals surface area (Å²) < 4.78 is 25.6. The van der Waals surface area contributed by atoms with Gasteiger partial charge in [-0.3, -0.25) is 0 Å². The number of aliphatic hydroxyl groups is 1. The molecule has 0 amide bonds. The normalized spacial score (nSPS) is 9.08. The average molecular weight is 253 g/mol. The van der Waals surface area contributed by atoms with Crippen LogP contribution >= 0.6 is 15.9 Å². The minimum Gasteiger partial charge on any atom is -0.392 e. The van der Waals surface area contributed by atoms with E-state index < -0.39 is 18.2 Å². The molecule has 0 fully saturated rings. The first-order valence-electron chi connectivity index (χ1n) is 3.89. The number of rotatable bonds is 1. The molecule has 0 aliphatic rings. The molecule has 0 saturated carbocycles. The molecule has 0 aliphatic carbocycles. The summed E-state index contributed by atoms with van der Waals surface area (Å²) in [7, 11) is 0. The first kappa shape index (κ1) is 12.5. The summed E-state index contributed by atoms with van der Waals surface area (Å²) in [5.41, 5.74) is -0.0446. The van der Waals surface area contributed by atoms with Crippen molar-refractivity contribution in [2.75, 3.05) is 0 Å². The van der Waals surface area contributed by atoms with Crippen molar-refractivity contribution >= 4 is 15.9 Å². The smallest absolute Gasteiger partial charge is 0.164 e. The highest BCUT2D eigenvalue weighted by Gasteiger charge is 2.07. The number of halogens is 3. The van der Waals surface area contributed by atoms with Gasteiger partial charge in [0, 0.05) is 10.0 Å². The molecule has 0 radical (unpaired) electrons. The van der Waals surface area contributed by atoms with E-state index in [4.69, 9.17) is 5.11 Å². The van der Waals surface area contributed by atoms with Gasteiger partial charge in [0.25, 0.3) is 0 Å². The van der Waals surface area contributed by atoms with Crippen molar-refractivity contribution in [3.05, 3.63) is 33.8 Å². The van der Waals surface area contributed by atoms with Crippen molar-refractivity contribution in [2.45, 2.75) is 20.5 Å². The van der Waals surface area contributed by atoms with Gasteiger partial charge in [-0.1, -0.05) is 29.8 Å². The molecule has 0 spiro atoms. The summed E-state index contributed by atoms with van der Waals surface area (Å²) in [6, 6.07) is 2.34. The Labute approximate surface area is 84.5 Å². The lowest BCUT2D eigenvalue weighted by atomic mass is 10.2. The van der Waals surface area contributed by atoms with Gasteiger partial charge in [0.15, 0.2) is 11.6 Å². The first-order chi connectivity index (χ1) is 6.15. The largest absolute Gasteiger partial charge is 0.392 e. The lowest BCUT2D eigenvalue weighted by Gasteiger charge is -2.00. The monoisotopic (exact) mass is 252 g/mol. The summed E-state index contributed by atoms with van der Waals surface area (Å²) in [6.07, 6.45) is 0. The van der Waals surface area contributed by atoms with Gasteiger partial charge < -0.3 is 5.11 Å². The van der Waals surface area contributed by atoms with Crippen LogP contribution < -0.4 is 0 Å². The fourth-order valence-corrected chi connectivity index (χ4v) is 1.20. The molecule has 0 saturated heterocycles. The van der Waals surface area contributed by atoms with Crippen LogP contribution in [0.1, 0.15) is 19.4 Å². The zero-order chi connectivity index (χ0) is 10.4. The van der Waals surface area contributed by atoms with E-state index >= 15 is 0 Å². The van der Waals surface area contributed by atoms with Crippen LogP contribution in [0.5, 0.6) is 0 Å². The van der Waals surface area contributed by atoms with Gasteiger partial charge in [-0.15, -0.1) is 0 Å². The van der Waals surface area contributed by atoms with Crippen LogP contribution in [-0.2, 0) is 6.61 Å². The van der Waals surface area contributed by atoms with Crippen molar-refractivity contribution in [1.29, 1.82) is 0 Å². The van der Waals surface area contributed by atoms with Crippen molar-refractivity contribution in [3.8, 4) is 0 Å². The molecule has 0 aromatic heterocycles. The van der Waals surface area contributed by atoms with E-state index in [1.165, 1.54) is 6.07 Å². The molecule has 0 bridgehead atoms. The van der Waals surface area contributed by atoms with Crippen molar-refractivity contribution in [3.63, 3.8) is 0 Å². The zero-order valence-electron chi connectivity index (χ0n) is 7.44. The third-order valence-electron chi connectivity index (χ3n) is 1.24. The summed E-state index contributed by atoms with van der Waals surface area (Å²) in [4.78, 5) is 0. The minimum absolute atomic E-state index is 0.0446. The van der Waals surface area contributed by atoms with Gasteiger partial charge in [-0.2, -0.15) is 0 Å². The van der Waals surface area contributed by atoms with Crippen LogP contribution in [0, 0.1) is 11.6 Å². The van der Waals surface area contributed by atoms with Crippen LogP contribution in [-0.4, -0.2) is 5.11 Å². The van der Waals surface area contributed by atoms with Crippen LogP contribution in [0.2, 0.25) is 0 Å². The van der Waals surface area contributed by atoms with Crippen LogP contribution in [0.4, 0.5) is 8.78 Å². The Morgan fingerprint density at radius 3 is 2.31 bits per heavy atom. The molecule has 1 nitrogen and oxygen atoms in total. The Bertz CT molecular complexity index is 277. The maximum absolute atomic E-state index is 12.6. The molecule has 0 unspecified atom stereocenters. The zero-order valence-corrected chi connectivity index (χ0v) is 9.03. The molecule has 1 N–H and O–H groups in total. The molecule has 74 valence electrons. The third kappa shape index (κ3) is 3.40. The van der Waals surface area contributed by atoms with Crippen molar-refractivity contribution < 1.29 is 13.9 Å². The van der Waals surface area contributed by atoms with Gasteiger partial charge in [-0.05, 0) is 12.1 Å². The van der Waals surface area contributed by atoms with Gasteiger partial charge in [0.2, 0.25) is 0 Å². The van der Waals surface area contributed by atoms with Crippen LogP contribution in [0.3, 0.4) is 0 Å². The molecule has 1 aromatic carbocycles. The van der Waals surface area contributed by atoms with Gasteiger partial charge in [-0.25, -0.2) is 8.78 Å². The molecule has 1 aromatic rings. The molecular formula is C9H11BrF2O. The van der Waals surface area contributed by atoms with Crippen molar-refractivity contribution in [2.24, 2.45) is 0 Å². The number of hydrogen-bond acceptors (Lipinski definition) is 1. The number of benzene rings is 1. The highest BCUT2D eigenvalue weighted by Crippen LogP contribution is 2.18. The SMILES string of the molecule is CC.OCc1cc(Br)cc(F)c1F. The van der Waals surface area contributed by atoms with E-state index in [9.17, 15) is 8.78 Å². The fourth-order valence-electron chi connectivity index (χ4n) is 0.724. The maximum Gasteiger partial charge on any atom is 0.164 e. The van der Waals surface area contributed by atoms with Crippen LogP contribution in [0.15, 0.2) is 16.6 Å². The highest BCUT2D eigenvalue weighted by atomic mass is 79.9. The molecule has 1 rings (SSSR count). The summed E-state index contributed by atoms with van der Waals surface area (Å²) in [6.45, 7) is 3.50. The topological polar surface area (TPSA) is 20.2 Å². The fraction of sp³-hybridized carbons (Fsp3) is 0.333. The number of aliphatic hydroxyl groups excluding tert-OH is 1. The highest BCUT2D eigenvalue weighted by molar-refractivity contribution is 9.10. The summed E-state index contributed by atoms with van der Waals surface area (Å²) >= 11 is 2.97. The Kier molecular flexibility index (Phi) is 5.82. The van der Waals surface area contributed by atoms with E-state index in [1.807, 2.05) is 13.8 Å². The molecule has 4 heteroatoms. The van der Waals surface area contributed by atoms with E-state index in [1.54, 1.807) is 0 Å². The second-order valence-electron chi connectivity index (χ2n) is 2.02. The standard InChI is InChI=1S/C7H5BrF2O.C2H6/c8-5-1-4(3-11)7(10)6(9)2-5;1-2/h1-2,11H,3H2;1-2H3. The first-order valence-corrected chi connectivity index (χ1v) is 4.68. The predicted octanol–water partition coefficient (Wildman–Crippen LogP) is 3.25. The second kappa shape index (κ2) is 6.05. The average Bonchev–Trinajstić information content (AvgIpc) is 2.14. The lowest BCUT2D eigenvalue weighted by molar-refractivity contribution is 0.273. The van der Waals surface area contributed by atoms with E-state index in [0.29, 0.717) is 4.47 Å². The maximum atomic E-state index is 12.6.